The van der Waals surface area contributed by atoms with E-state index in [0.29, 0.717) is 6.04 Å². The fourth-order valence-electron chi connectivity index (χ4n) is 3.54. The van der Waals surface area contributed by atoms with Crippen LogP contribution in [0.5, 0.6) is 0 Å². The lowest BCUT2D eigenvalue weighted by molar-refractivity contribution is 0.428. The van der Waals surface area contributed by atoms with Crippen molar-refractivity contribution < 1.29 is 0 Å². The number of hydrogen-bond donors (Lipinski definition) is 1. The molecule has 1 nitrogen and oxygen atoms in total. The average molecular weight is 273 g/mol. The highest BCUT2D eigenvalue weighted by Gasteiger charge is 2.24. The summed E-state index contributed by atoms with van der Waals surface area (Å²) in [6.07, 6.45) is 6.46. The van der Waals surface area contributed by atoms with E-state index in [4.69, 9.17) is 5.73 Å². The van der Waals surface area contributed by atoms with Gasteiger partial charge in [0.05, 0.1) is 0 Å². The van der Waals surface area contributed by atoms with Gasteiger partial charge in [0, 0.05) is 6.04 Å². The molecule has 1 aliphatic carbocycles. The van der Waals surface area contributed by atoms with Crippen molar-refractivity contribution in [3.63, 3.8) is 0 Å². The summed E-state index contributed by atoms with van der Waals surface area (Å²) in [6.45, 7) is 11.3. The molecule has 1 aromatic carbocycles. The molecule has 0 saturated heterocycles. The second kappa shape index (κ2) is 5.89. The van der Waals surface area contributed by atoms with Gasteiger partial charge in [0.25, 0.3) is 0 Å². The summed E-state index contributed by atoms with van der Waals surface area (Å²) in [5.74, 6) is 0.746. The second-order valence-corrected chi connectivity index (χ2v) is 7.75. The first-order valence-corrected chi connectivity index (χ1v) is 8.15. The van der Waals surface area contributed by atoms with Gasteiger partial charge in [-0.15, -0.1) is 0 Å². The first-order chi connectivity index (χ1) is 9.29. The zero-order valence-corrected chi connectivity index (χ0v) is 13.9. The highest BCUT2D eigenvalue weighted by molar-refractivity contribution is 5.41. The van der Waals surface area contributed by atoms with E-state index in [-0.39, 0.29) is 5.41 Å². The quantitative estimate of drug-likeness (QED) is 0.851. The lowest BCUT2D eigenvalue weighted by atomic mass is 9.82. The molecule has 1 fully saturated rings. The molecule has 112 valence electrons. The molecule has 1 aromatic rings. The lowest BCUT2D eigenvalue weighted by Gasteiger charge is -2.25. The Morgan fingerprint density at radius 3 is 2.05 bits per heavy atom. The first-order valence-electron chi connectivity index (χ1n) is 8.15. The summed E-state index contributed by atoms with van der Waals surface area (Å²) in [5, 5.41) is 0. The van der Waals surface area contributed by atoms with E-state index >= 15 is 0 Å². The summed E-state index contributed by atoms with van der Waals surface area (Å²) < 4.78 is 0. The van der Waals surface area contributed by atoms with E-state index in [2.05, 4.69) is 46.8 Å². The van der Waals surface area contributed by atoms with Crippen LogP contribution >= 0.6 is 0 Å². The molecular formula is C19H31N. The van der Waals surface area contributed by atoms with Crippen molar-refractivity contribution in [2.45, 2.75) is 78.2 Å². The Balaban J connectivity index is 2.20. The topological polar surface area (TPSA) is 26.0 Å². The van der Waals surface area contributed by atoms with E-state index in [1.165, 1.54) is 47.9 Å². The van der Waals surface area contributed by atoms with Crippen LogP contribution in [-0.2, 0) is 11.8 Å². The monoisotopic (exact) mass is 273 g/mol. The van der Waals surface area contributed by atoms with E-state index in [1.807, 2.05) is 0 Å². The van der Waals surface area contributed by atoms with Gasteiger partial charge in [-0.05, 0) is 66.7 Å². The fraction of sp³-hybridized carbons (Fsp3) is 0.684. The maximum absolute atomic E-state index is 6.47. The summed E-state index contributed by atoms with van der Waals surface area (Å²) in [5.41, 5.74) is 12.5. The summed E-state index contributed by atoms with van der Waals surface area (Å²) >= 11 is 0. The molecular weight excluding hydrogens is 242 g/mol. The Morgan fingerprint density at radius 2 is 1.60 bits per heavy atom. The molecule has 2 N–H and O–H groups in total. The predicted octanol–water partition coefficient (Wildman–Crippen LogP) is 4.66. The predicted molar refractivity (Wildman–Crippen MR) is 88.3 cm³/mol. The molecule has 0 aliphatic heterocycles. The van der Waals surface area contributed by atoms with E-state index in [1.54, 1.807) is 0 Å². The normalized spacial score (nSPS) is 18.5. The Labute approximate surface area is 125 Å². The van der Waals surface area contributed by atoms with Crippen LogP contribution in [0.15, 0.2) is 12.1 Å². The SMILES string of the molecule is Cc1cc(C(C)(C)C)cc(C)c1CC(N)C1CCCC1. The van der Waals surface area contributed by atoms with Crippen molar-refractivity contribution in [2.24, 2.45) is 11.7 Å². The zero-order chi connectivity index (χ0) is 14.9. The van der Waals surface area contributed by atoms with Crippen molar-refractivity contribution in [3.8, 4) is 0 Å². The minimum absolute atomic E-state index is 0.224. The third-order valence-corrected chi connectivity index (χ3v) is 5.01. The minimum atomic E-state index is 0.224. The first kappa shape index (κ1) is 15.6. The van der Waals surface area contributed by atoms with Crippen LogP contribution in [0.1, 0.15) is 68.7 Å². The van der Waals surface area contributed by atoms with E-state index in [0.717, 1.165) is 12.3 Å². The van der Waals surface area contributed by atoms with Gasteiger partial charge in [-0.3, -0.25) is 0 Å². The van der Waals surface area contributed by atoms with Crippen LogP contribution in [0, 0.1) is 19.8 Å². The molecule has 1 unspecified atom stereocenters. The molecule has 0 heterocycles. The van der Waals surface area contributed by atoms with Gasteiger partial charge in [0.2, 0.25) is 0 Å². The zero-order valence-electron chi connectivity index (χ0n) is 13.9. The molecule has 0 bridgehead atoms. The van der Waals surface area contributed by atoms with Crippen LogP contribution in [0.3, 0.4) is 0 Å². The van der Waals surface area contributed by atoms with Crippen LogP contribution < -0.4 is 5.73 Å². The maximum Gasteiger partial charge on any atom is 0.0108 e. The number of hydrogen-bond acceptors (Lipinski definition) is 1. The summed E-state index contributed by atoms with van der Waals surface area (Å²) in [4.78, 5) is 0. The highest BCUT2D eigenvalue weighted by Crippen LogP contribution is 2.31. The van der Waals surface area contributed by atoms with E-state index in [9.17, 15) is 0 Å². The second-order valence-electron chi connectivity index (χ2n) is 7.75. The minimum Gasteiger partial charge on any atom is -0.327 e. The van der Waals surface area contributed by atoms with Crippen molar-refractivity contribution in [1.29, 1.82) is 0 Å². The van der Waals surface area contributed by atoms with Crippen LogP contribution in [0.25, 0.3) is 0 Å². The number of rotatable bonds is 3. The molecule has 0 radical (unpaired) electrons. The Hall–Kier alpha value is -0.820. The van der Waals surface area contributed by atoms with Gasteiger partial charge in [0.1, 0.15) is 0 Å². The van der Waals surface area contributed by atoms with Crippen LogP contribution in [0.2, 0.25) is 0 Å². The molecule has 1 heteroatoms. The van der Waals surface area contributed by atoms with Gasteiger partial charge in [-0.1, -0.05) is 45.7 Å². The third-order valence-electron chi connectivity index (χ3n) is 5.01. The van der Waals surface area contributed by atoms with Crippen molar-refractivity contribution in [2.75, 3.05) is 0 Å². The summed E-state index contributed by atoms with van der Waals surface area (Å²) in [6, 6.07) is 5.07. The van der Waals surface area contributed by atoms with Gasteiger partial charge in [-0.2, -0.15) is 0 Å². The highest BCUT2D eigenvalue weighted by atomic mass is 14.7. The molecule has 1 atom stereocenters. The smallest absolute Gasteiger partial charge is 0.0108 e. The van der Waals surface area contributed by atoms with Crippen molar-refractivity contribution in [3.05, 3.63) is 34.4 Å². The number of aryl methyl sites for hydroxylation is 2. The fourth-order valence-corrected chi connectivity index (χ4v) is 3.54. The largest absolute Gasteiger partial charge is 0.327 e. The van der Waals surface area contributed by atoms with Crippen molar-refractivity contribution in [1.82, 2.24) is 0 Å². The molecule has 1 saturated carbocycles. The number of nitrogens with two attached hydrogens (primary N) is 1. The van der Waals surface area contributed by atoms with Crippen molar-refractivity contribution >= 4 is 0 Å². The molecule has 0 aromatic heterocycles. The molecule has 0 amide bonds. The van der Waals surface area contributed by atoms with Crippen LogP contribution in [-0.4, -0.2) is 6.04 Å². The van der Waals surface area contributed by atoms with Gasteiger partial charge in [-0.25, -0.2) is 0 Å². The Morgan fingerprint density at radius 1 is 1.10 bits per heavy atom. The van der Waals surface area contributed by atoms with Gasteiger partial charge >= 0.3 is 0 Å². The lowest BCUT2D eigenvalue weighted by Crippen LogP contribution is -2.31. The Bertz CT molecular complexity index is 438. The third kappa shape index (κ3) is 3.44. The maximum atomic E-state index is 6.47. The molecule has 0 spiro atoms. The molecule has 2 rings (SSSR count). The summed E-state index contributed by atoms with van der Waals surface area (Å²) in [7, 11) is 0. The van der Waals surface area contributed by atoms with Crippen LogP contribution in [0.4, 0.5) is 0 Å². The molecule has 20 heavy (non-hydrogen) atoms. The van der Waals surface area contributed by atoms with Gasteiger partial charge in [0.15, 0.2) is 0 Å². The standard InChI is InChI=1S/C19H31N/c1-13-10-16(19(3,4)5)11-14(2)17(13)12-18(20)15-8-6-7-9-15/h10-11,15,18H,6-9,12,20H2,1-5H3. The molecule has 1 aliphatic rings. The van der Waals surface area contributed by atoms with E-state index < -0.39 is 0 Å². The number of benzene rings is 1. The average Bonchev–Trinajstić information content (AvgIpc) is 2.85. The Kier molecular flexibility index (Phi) is 4.59. The van der Waals surface area contributed by atoms with Gasteiger partial charge < -0.3 is 5.73 Å².